The van der Waals surface area contributed by atoms with Gasteiger partial charge in [-0.3, -0.25) is 0 Å². The van der Waals surface area contributed by atoms with Crippen molar-refractivity contribution in [2.45, 2.75) is 51.5 Å². The van der Waals surface area contributed by atoms with E-state index >= 15 is 0 Å². The van der Waals surface area contributed by atoms with Gasteiger partial charge in [0.05, 0.1) is 6.10 Å². The van der Waals surface area contributed by atoms with Crippen molar-refractivity contribution in [3.63, 3.8) is 0 Å². The number of carbonyl (C=O) groups is 1. The van der Waals surface area contributed by atoms with Gasteiger partial charge in [-0.15, -0.1) is 0 Å². The molecule has 2 heterocycles. The van der Waals surface area contributed by atoms with E-state index in [2.05, 4.69) is 66.0 Å². The van der Waals surface area contributed by atoms with Crippen LogP contribution in [0.15, 0.2) is 45.3 Å². The number of halogens is 2. The molecule has 0 spiro atoms. The van der Waals surface area contributed by atoms with E-state index in [4.69, 9.17) is 4.74 Å². The fourth-order valence-electron chi connectivity index (χ4n) is 4.33. The van der Waals surface area contributed by atoms with Crippen molar-refractivity contribution in [3.05, 3.63) is 45.3 Å². The van der Waals surface area contributed by atoms with Crippen molar-refractivity contribution in [3.8, 4) is 0 Å². The second kappa shape index (κ2) is 9.33. The molecule has 2 N–H and O–H groups in total. The standard InChI is InChI=1S/C24H29Br2N3O3/c1-24(2,3)32-23(31)28-9-8-27-17(13-28)12-18(30)14-29-21-6-4-15(25)10-19(21)20-11-16(26)5-7-22(20)29/h4-7,10-11,17-18,27,30H,8-9,12-14H2,1-3H3. The Morgan fingerprint density at radius 3 is 2.31 bits per heavy atom. The van der Waals surface area contributed by atoms with E-state index in [0.717, 1.165) is 30.8 Å². The zero-order valence-electron chi connectivity index (χ0n) is 18.6. The zero-order chi connectivity index (χ0) is 23.0. The predicted octanol–water partition coefficient (Wildman–Crippen LogP) is 5.28. The molecule has 1 fully saturated rings. The molecule has 2 atom stereocenters. The summed E-state index contributed by atoms with van der Waals surface area (Å²) in [7, 11) is 0. The fraction of sp³-hybridized carbons (Fsp3) is 0.458. The number of hydrogen-bond acceptors (Lipinski definition) is 4. The molecule has 0 bridgehead atoms. The second-order valence-electron chi connectivity index (χ2n) is 9.40. The number of nitrogens with zero attached hydrogens (tertiary/aromatic N) is 2. The number of ether oxygens (including phenoxy) is 1. The predicted molar refractivity (Wildman–Crippen MR) is 135 cm³/mol. The minimum atomic E-state index is -0.558. The van der Waals surface area contributed by atoms with Gasteiger partial charge in [0.1, 0.15) is 5.60 Å². The van der Waals surface area contributed by atoms with Crippen molar-refractivity contribution in [1.82, 2.24) is 14.8 Å². The summed E-state index contributed by atoms with van der Waals surface area (Å²) < 4.78 is 9.75. The number of rotatable bonds is 4. The number of hydrogen-bond donors (Lipinski definition) is 2. The highest BCUT2D eigenvalue weighted by Crippen LogP contribution is 2.33. The average molecular weight is 567 g/mol. The number of aliphatic hydroxyl groups excluding tert-OH is 1. The monoisotopic (exact) mass is 565 g/mol. The van der Waals surface area contributed by atoms with Crippen molar-refractivity contribution in [2.75, 3.05) is 19.6 Å². The van der Waals surface area contributed by atoms with E-state index in [0.29, 0.717) is 32.6 Å². The maximum absolute atomic E-state index is 12.5. The van der Waals surface area contributed by atoms with Gasteiger partial charge >= 0.3 is 6.09 Å². The number of carbonyl (C=O) groups excluding carboxylic acids is 1. The van der Waals surface area contributed by atoms with Crippen LogP contribution in [0.3, 0.4) is 0 Å². The van der Waals surface area contributed by atoms with Crippen LogP contribution in [0.2, 0.25) is 0 Å². The second-order valence-corrected chi connectivity index (χ2v) is 11.2. The molecule has 32 heavy (non-hydrogen) atoms. The molecule has 0 aliphatic carbocycles. The number of aliphatic hydroxyl groups is 1. The van der Waals surface area contributed by atoms with E-state index < -0.39 is 11.7 Å². The number of aromatic nitrogens is 1. The molecule has 1 aromatic heterocycles. The van der Waals surface area contributed by atoms with Crippen molar-refractivity contribution < 1.29 is 14.6 Å². The van der Waals surface area contributed by atoms with E-state index in [1.54, 1.807) is 4.90 Å². The fourth-order valence-corrected chi connectivity index (χ4v) is 5.06. The Labute approximate surface area is 205 Å². The first-order valence-corrected chi connectivity index (χ1v) is 12.5. The number of nitrogens with one attached hydrogen (secondary N) is 1. The number of amides is 1. The first-order chi connectivity index (χ1) is 15.1. The Kier molecular flexibility index (Phi) is 6.86. The van der Waals surface area contributed by atoms with Crippen LogP contribution in [0.1, 0.15) is 27.2 Å². The lowest BCUT2D eigenvalue weighted by Gasteiger charge is -2.35. The number of piperazine rings is 1. The maximum atomic E-state index is 12.5. The highest BCUT2D eigenvalue weighted by atomic mass is 79.9. The molecule has 1 aliphatic heterocycles. The third-order valence-corrected chi connectivity index (χ3v) is 6.63. The number of fused-ring (bicyclic) bond motifs is 3. The van der Waals surface area contributed by atoms with E-state index in [9.17, 15) is 9.90 Å². The van der Waals surface area contributed by atoms with Crippen LogP contribution >= 0.6 is 31.9 Å². The maximum Gasteiger partial charge on any atom is 0.410 e. The summed E-state index contributed by atoms with van der Waals surface area (Å²) in [6.07, 6.45) is -0.303. The number of benzene rings is 2. The van der Waals surface area contributed by atoms with Crippen LogP contribution in [0.25, 0.3) is 21.8 Å². The molecular weight excluding hydrogens is 538 g/mol. The quantitative estimate of drug-likeness (QED) is 0.451. The summed E-state index contributed by atoms with van der Waals surface area (Å²) in [6, 6.07) is 12.5. The molecule has 4 rings (SSSR count). The van der Waals surface area contributed by atoms with Crippen molar-refractivity contribution >= 4 is 59.8 Å². The van der Waals surface area contributed by atoms with Crippen LogP contribution in [0, 0.1) is 0 Å². The molecule has 0 saturated carbocycles. The largest absolute Gasteiger partial charge is 0.444 e. The van der Waals surface area contributed by atoms with Gasteiger partial charge in [0.2, 0.25) is 0 Å². The normalized spacial score (nSPS) is 18.3. The van der Waals surface area contributed by atoms with Gasteiger partial charge in [0.15, 0.2) is 0 Å². The zero-order valence-corrected chi connectivity index (χ0v) is 21.7. The molecule has 6 nitrogen and oxygen atoms in total. The summed E-state index contributed by atoms with van der Waals surface area (Å²) in [5.41, 5.74) is 1.66. The average Bonchev–Trinajstić information content (AvgIpc) is 2.99. The Hall–Kier alpha value is -1.61. The van der Waals surface area contributed by atoms with Gasteiger partial charge in [-0.2, -0.15) is 0 Å². The smallest absolute Gasteiger partial charge is 0.410 e. The third-order valence-electron chi connectivity index (χ3n) is 5.65. The Balaban J connectivity index is 1.50. The lowest BCUT2D eigenvalue weighted by atomic mass is 10.1. The minimum absolute atomic E-state index is 0.0163. The summed E-state index contributed by atoms with van der Waals surface area (Å²) in [5, 5.41) is 16.7. The van der Waals surface area contributed by atoms with Crippen molar-refractivity contribution in [1.29, 1.82) is 0 Å². The van der Waals surface area contributed by atoms with Crippen LogP contribution in [0.4, 0.5) is 4.79 Å². The molecule has 3 aromatic rings. The summed E-state index contributed by atoms with van der Waals surface area (Å²) in [4.78, 5) is 14.2. The lowest BCUT2D eigenvalue weighted by molar-refractivity contribution is 0.0167. The van der Waals surface area contributed by atoms with Gasteiger partial charge in [0.25, 0.3) is 0 Å². The SMILES string of the molecule is CC(C)(C)OC(=O)N1CCNC(CC(O)Cn2c3ccc(Br)cc3c3cc(Br)ccc32)C1. The molecule has 8 heteroatoms. The van der Waals surface area contributed by atoms with E-state index in [1.807, 2.05) is 32.9 Å². The van der Waals surface area contributed by atoms with Gasteiger partial charge in [-0.1, -0.05) is 31.9 Å². The molecule has 0 radical (unpaired) electrons. The molecular formula is C24H29Br2N3O3. The van der Waals surface area contributed by atoms with Gasteiger partial charge < -0.3 is 24.6 Å². The third kappa shape index (κ3) is 5.30. The summed E-state index contributed by atoms with van der Waals surface area (Å²) in [5.74, 6) is 0. The molecule has 2 unspecified atom stereocenters. The Morgan fingerprint density at radius 1 is 1.16 bits per heavy atom. The van der Waals surface area contributed by atoms with Gasteiger partial charge in [-0.05, 0) is 63.6 Å². The molecule has 1 aliphatic rings. The highest BCUT2D eigenvalue weighted by Gasteiger charge is 2.28. The molecule has 2 aromatic carbocycles. The first kappa shape index (κ1) is 23.5. The van der Waals surface area contributed by atoms with Crippen LogP contribution in [0.5, 0.6) is 0 Å². The molecule has 172 valence electrons. The van der Waals surface area contributed by atoms with E-state index in [1.165, 1.54) is 0 Å². The lowest BCUT2D eigenvalue weighted by Crippen LogP contribution is -2.54. The Morgan fingerprint density at radius 2 is 1.75 bits per heavy atom. The van der Waals surface area contributed by atoms with Gasteiger partial charge in [0, 0.05) is 63.0 Å². The highest BCUT2D eigenvalue weighted by molar-refractivity contribution is 9.10. The van der Waals surface area contributed by atoms with Gasteiger partial charge in [-0.25, -0.2) is 4.79 Å². The van der Waals surface area contributed by atoms with Crippen LogP contribution < -0.4 is 5.32 Å². The van der Waals surface area contributed by atoms with Crippen LogP contribution in [-0.4, -0.2) is 58.0 Å². The summed E-state index contributed by atoms with van der Waals surface area (Å²) in [6.45, 7) is 7.92. The topological polar surface area (TPSA) is 66.7 Å². The van der Waals surface area contributed by atoms with E-state index in [-0.39, 0.29) is 12.1 Å². The minimum Gasteiger partial charge on any atom is -0.444 e. The van der Waals surface area contributed by atoms with Crippen molar-refractivity contribution in [2.24, 2.45) is 0 Å². The first-order valence-electron chi connectivity index (χ1n) is 10.9. The molecule has 1 saturated heterocycles. The summed E-state index contributed by atoms with van der Waals surface area (Å²) >= 11 is 7.15. The molecule has 1 amide bonds. The van der Waals surface area contributed by atoms with Crippen LogP contribution in [-0.2, 0) is 11.3 Å². The Bertz CT molecular complexity index is 1080.